The quantitative estimate of drug-likeness (QED) is 0.575. The zero-order valence-corrected chi connectivity index (χ0v) is 12.6. The summed E-state index contributed by atoms with van der Waals surface area (Å²) in [6.45, 7) is 4.23. The lowest BCUT2D eigenvalue weighted by atomic mass is 9.58. The fourth-order valence-electron chi connectivity index (χ4n) is 2.96. The molecular formula is C19H17BO. The molecule has 2 aromatic rings. The number of Topliss-reactive ketones (excluding diaryl/α,β-unsaturated/α-hetero) is 1. The second kappa shape index (κ2) is 4.93. The Morgan fingerprint density at radius 3 is 2.24 bits per heavy atom. The van der Waals surface area contributed by atoms with Crippen LogP contribution in [0, 0.1) is 11.8 Å². The molecule has 0 spiro atoms. The second-order valence-electron chi connectivity index (χ2n) is 6.55. The van der Waals surface area contributed by atoms with Gasteiger partial charge in [-0.1, -0.05) is 67.4 Å². The van der Waals surface area contributed by atoms with Crippen LogP contribution in [0.25, 0.3) is 0 Å². The number of hydrogen-bond donors (Lipinski definition) is 0. The van der Waals surface area contributed by atoms with Gasteiger partial charge in [0.25, 0.3) is 0 Å². The Balaban J connectivity index is 2.33. The maximum Gasteiger partial charge on any atom is 0.171 e. The number of benzene rings is 2. The van der Waals surface area contributed by atoms with Gasteiger partial charge < -0.3 is 0 Å². The van der Waals surface area contributed by atoms with E-state index in [1.807, 2.05) is 48.5 Å². The number of hydrogen-bond acceptors (Lipinski definition) is 1. The molecular weight excluding hydrogens is 255 g/mol. The molecule has 1 aliphatic rings. The van der Waals surface area contributed by atoms with Crippen LogP contribution in [0.5, 0.6) is 0 Å². The van der Waals surface area contributed by atoms with Crippen LogP contribution in [-0.4, -0.2) is 13.6 Å². The summed E-state index contributed by atoms with van der Waals surface area (Å²) in [6.07, 6.45) is 0. The topological polar surface area (TPSA) is 17.1 Å². The molecule has 0 saturated carbocycles. The summed E-state index contributed by atoms with van der Waals surface area (Å²) in [7, 11) is 2.12. The number of carbonyl (C=O) groups is 1. The molecule has 0 radical (unpaired) electrons. The van der Waals surface area contributed by atoms with Crippen LogP contribution in [0.3, 0.4) is 0 Å². The summed E-state index contributed by atoms with van der Waals surface area (Å²) in [5.74, 6) is 6.38. The normalized spacial score (nSPS) is 16.9. The molecule has 2 aromatic carbocycles. The van der Waals surface area contributed by atoms with Crippen LogP contribution in [0.15, 0.2) is 48.5 Å². The lowest BCUT2D eigenvalue weighted by Crippen LogP contribution is -2.26. The molecule has 0 amide bonds. The molecule has 0 aliphatic heterocycles. The average molecular weight is 272 g/mol. The lowest BCUT2D eigenvalue weighted by molar-refractivity contribution is 0.0942. The van der Waals surface area contributed by atoms with E-state index >= 15 is 0 Å². The van der Waals surface area contributed by atoms with Crippen molar-refractivity contribution in [1.82, 2.24) is 0 Å². The van der Waals surface area contributed by atoms with Crippen molar-refractivity contribution in [3.8, 4) is 11.8 Å². The van der Waals surface area contributed by atoms with Gasteiger partial charge in [-0.25, -0.2) is 0 Å². The Kier molecular flexibility index (Phi) is 3.22. The Hall–Kier alpha value is -2.27. The van der Waals surface area contributed by atoms with Crippen LogP contribution >= 0.6 is 0 Å². The van der Waals surface area contributed by atoms with Gasteiger partial charge in [0.15, 0.2) is 5.78 Å². The van der Waals surface area contributed by atoms with Gasteiger partial charge in [0.1, 0.15) is 7.85 Å². The molecule has 21 heavy (non-hydrogen) atoms. The van der Waals surface area contributed by atoms with Crippen LogP contribution in [-0.2, 0) is 0 Å². The van der Waals surface area contributed by atoms with E-state index in [4.69, 9.17) is 0 Å². The van der Waals surface area contributed by atoms with Gasteiger partial charge in [-0.05, 0) is 17.7 Å². The highest BCUT2D eigenvalue weighted by molar-refractivity contribution is 6.20. The van der Waals surface area contributed by atoms with Gasteiger partial charge in [0, 0.05) is 22.6 Å². The Morgan fingerprint density at radius 1 is 0.952 bits per heavy atom. The van der Waals surface area contributed by atoms with Crippen molar-refractivity contribution in [1.29, 1.82) is 0 Å². The third kappa shape index (κ3) is 2.40. The minimum absolute atomic E-state index is 0.153. The first-order chi connectivity index (χ1) is 9.98. The summed E-state index contributed by atoms with van der Waals surface area (Å²) < 4.78 is 0. The fraction of sp³-hybridized carbons (Fsp3) is 0.211. The van der Waals surface area contributed by atoms with E-state index in [1.54, 1.807) is 0 Å². The van der Waals surface area contributed by atoms with Gasteiger partial charge in [0.2, 0.25) is 0 Å². The monoisotopic (exact) mass is 272 g/mol. The van der Waals surface area contributed by atoms with Crippen molar-refractivity contribution in [3.63, 3.8) is 0 Å². The SMILES string of the molecule is BC(C)(C)C1C(=O)c2ccccc2C#Cc2ccccc21. The van der Waals surface area contributed by atoms with E-state index < -0.39 is 0 Å². The molecule has 3 rings (SSSR count). The summed E-state index contributed by atoms with van der Waals surface area (Å²) in [5.41, 5.74) is 3.56. The van der Waals surface area contributed by atoms with Gasteiger partial charge in [-0.15, -0.1) is 0 Å². The van der Waals surface area contributed by atoms with Crippen molar-refractivity contribution in [3.05, 3.63) is 70.8 Å². The van der Waals surface area contributed by atoms with Crippen molar-refractivity contribution in [2.24, 2.45) is 0 Å². The smallest absolute Gasteiger partial charge is 0.171 e. The molecule has 0 aromatic heterocycles. The highest BCUT2D eigenvalue weighted by Gasteiger charge is 2.35. The Morgan fingerprint density at radius 2 is 1.52 bits per heavy atom. The molecule has 0 saturated heterocycles. The first kappa shape index (κ1) is 13.7. The Bertz CT molecular complexity index is 772. The van der Waals surface area contributed by atoms with Crippen LogP contribution in [0.4, 0.5) is 0 Å². The first-order valence-corrected chi connectivity index (χ1v) is 7.22. The predicted octanol–water partition coefficient (Wildman–Crippen LogP) is 3.20. The predicted molar refractivity (Wildman–Crippen MR) is 88.5 cm³/mol. The van der Waals surface area contributed by atoms with E-state index in [1.165, 1.54) is 0 Å². The molecule has 0 heterocycles. The zero-order chi connectivity index (χ0) is 15.0. The zero-order valence-electron chi connectivity index (χ0n) is 12.6. The number of ketones is 1. The van der Waals surface area contributed by atoms with Gasteiger partial charge in [-0.3, -0.25) is 4.79 Å². The summed E-state index contributed by atoms with van der Waals surface area (Å²) in [5, 5.41) is -0.153. The maximum atomic E-state index is 13.1. The van der Waals surface area contributed by atoms with Crippen LogP contribution in [0.1, 0.15) is 46.8 Å². The molecule has 102 valence electrons. The number of rotatable bonds is 1. The molecule has 2 heteroatoms. The number of carbonyl (C=O) groups excluding carboxylic acids is 1. The Labute approximate surface area is 126 Å². The molecule has 0 fully saturated rings. The van der Waals surface area contributed by atoms with E-state index in [0.717, 1.165) is 22.3 Å². The van der Waals surface area contributed by atoms with Crippen LogP contribution < -0.4 is 0 Å². The highest BCUT2D eigenvalue weighted by atomic mass is 16.1. The van der Waals surface area contributed by atoms with Crippen molar-refractivity contribution in [2.45, 2.75) is 25.1 Å². The summed E-state index contributed by atoms with van der Waals surface area (Å²) in [6, 6.07) is 15.7. The standard InChI is InChI=1S/C19H17BO/c1-19(2,20)17-15-9-5-3-7-13(15)11-12-14-8-4-6-10-16(14)18(17)21/h3-10,17H,20H2,1-2H3. The first-order valence-electron chi connectivity index (χ1n) is 7.22. The van der Waals surface area contributed by atoms with E-state index in [0.29, 0.717) is 0 Å². The minimum Gasteiger partial charge on any atom is -0.293 e. The molecule has 0 bridgehead atoms. The van der Waals surface area contributed by atoms with E-state index in [9.17, 15) is 4.79 Å². The molecule has 1 unspecified atom stereocenters. The number of fused-ring (bicyclic) bond motifs is 2. The molecule has 1 nitrogen and oxygen atoms in total. The minimum atomic E-state index is -0.176. The lowest BCUT2D eigenvalue weighted by Gasteiger charge is -2.31. The van der Waals surface area contributed by atoms with Gasteiger partial charge >= 0.3 is 0 Å². The van der Waals surface area contributed by atoms with Crippen molar-refractivity contribution >= 4 is 13.6 Å². The summed E-state index contributed by atoms with van der Waals surface area (Å²) >= 11 is 0. The highest BCUT2D eigenvalue weighted by Crippen LogP contribution is 2.43. The molecule has 0 N–H and O–H groups in total. The summed E-state index contributed by atoms with van der Waals surface area (Å²) in [4.78, 5) is 13.1. The second-order valence-corrected chi connectivity index (χ2v) is 6.55. The van der Waals surface area contributed by atoms with Crippen molar-refractivity contribution < 1.29 is 4.79 Å². The third-order valence-electron chi connectivity index (χ3n) is 3.92. The van der Waals surface area contributed by atoms with Gasteiger partial charge in [-0.2, -0.15) is 0 Å². The van der Waals surface area contributed by atoms with Gasteiger partial charge in [0.05, 0.1) is 0 Å². The average Bonchev–Trinajstić information content (AvgIpc) is 2.43. The van der Waals surface area contributed by atoms with Crippen molar-refractivity contribution in [2.75, 3.05) is 0 Å². The van der Waals surface area contributed by atoms with Crippen LogP contribution in [0.2, 0.25) is 5.31 Å². The molecule has 1 atom stereocenters. The van der Waals surface area contributed by atoms with E-state index in [2.05, 4.69) is 33.5 Å². The maximum absolute atomic E-state index is 13.1. The fourth-order valence-corrected chi connectivity index (χ4v) is 2.96. The van der Waals surface area contributed by atoms with E-state index in [-0.39, 0.29) is 17.0 Å². The third-order valence-corrected chi connectivity index (χ3v) is 3.92. The largest absolute Gasteiger partial charge is 0.293 e. The molecule has 1 aliphatic carbocycles.